The second-order valence-electron chi connectivity index (χ2n) is 12.3. The van der Waals surface area contributed by atoms with Crippen molar-refractivity contribution in [2.45, 2.75) is 45.3 Å². The number of likely N-dealkylation sites (N-methyl/N-ethyl adjacent to an activating group) is 1. The first-order valence-corrected chi connectivity index (χ1v) is 12.9. The van der Waals surface area contributed by atoms with Crippen LogP contribution >= 0.6 is 0 Å². The van der Waals surface area contributed by atoms with Gasteiger partial charge in [0.15, 0.2) is 34.7 Å². The fourth-order valence-electron chi connectivity index (χ4n) is 6.40. The second-order valence-corrected chi connectivity index (χ2v) is 12.3. The van der Waals surface area contributed by atoms with Crippen molar-refractivity contribution in [3.05, 3.63) is 22.8 Å². The lowest BCUT2D eigenvalue weighted by Gasteiger charge is -2.52. The lowest BCUT2D eigenvalue weighted by Crippen LogP contribution is -2.74. The molecule has 4 rings (SSSR count). The van der Waals surface area contributed by atoms with Crippen molar-refractivity contribution in [1.29, 1.82) is 0 Å². The Bertz CT molecular complexity index is 1380. The molecular weight excluding hydrogens is 502 g/mol. The molecule has 1 aromatic carbocycles. The van der Waals surface area contributed by atoms with Crippen LogP contribution in [0.3, 0.4) is 0 Å². The number of benzene rings is 1. The number of nitrogens with zero attached hydrogens (tertiary/aromatic N) is 2. The van der Waals surface area contributed by atoms with Crippen molar-refractivity contribution in [1.82, 2.24) is 4.90 Å². The highest BCUT2D eigenvalue weighted by molar-refractivity contribution is 6.32. The summed E-state index contributed by atoms with van der Waals surface area (Å²) in [6.07, 6.45) is 0.197. The first-order valence-electron chi connectivity index (χ1n) is 12.9. The quantitative estimate of drug-likeness (QED) is 0.365. The molecule has 1 aromatic rings. The van der Waals surface area contributed by atoms with Gasteiger partial charge in [-0.1, -0.05) is 11.8 Å². The molecule has 3 aliphatic carbocycles. The summed E-state index contributed by atoms with van der Waals surface area (Å²) in [6, 6.07) is 0.568. The largest absolute Gasteiger partial charge is 0.506 e. The van der Waals surface area contributed by atoms with Gasteiger partial charge in [0.1, 0.15) is 5.75 Å². The van der Waals surface area contributed by atoms with Gasteiger partial charge in [0.05, 0.1) is 23.1 Å². The van der Waals surface area contributed by atoms with Crippen LogP contribution in [0.4, 0.5) is 5.69 Å². The van der Waals surface area contributed by atoms with E-state index in [9.17, 15) is 34.2 Å². The van der Waals surface area contributed by atoms with Crippen LogP contribution in [-0.2, 0) is 25.6 Å². The van der Waals surface area contributed by atoms with E-state index >= 15 is 0 Å². The van der Waals surface area contributed by atoms with Gasteiger partial charge >= 0.3 is 0 Å². The number of aliphatic hydroxyl groups is 1. The molecule has 0 saturated heterocycles. The van der Waals surface area contributed by atoms with Crippen LogP contribution in [0, 0.1) is 40.9 Å². The minimum absolute atomic E-state index is 0.00308. The minimum Gasteiger partial charge on any atom is -0.506 e. The number of nitrogens with two attached hydrogens (primary N) is 1. The summed E-state index contributed by atoms with van der Waals surface area (Å²) >= 11 is 0. The zero-order valence-electron chi connectivity index (χ0n) is 23.3. The molecule has 0 aliphatic heterocycles. The lowest BCUT2D eigenvalue weighted by atomic mass is 9.52. The third-order valence-electron chi connectivity index (χ3n) is 8.09. The summed E-state index contributed by atoms with van der Waals surface area (Å²) in [6.45, 7) is 5.71. The van der Waals surface area contributed by atoms with Crippen LogP contribution in [0.25, 0.3) is 0 Å². The fourth-order valence-corrected chi connectivity index (χ4v) is 6.40. The number of fused-ring (bicyclic) bond motifs is 3. The highest BCUT2D eigenvalue weighted by atomic mass is 16.3. The normalized spacial score (nSPS) is 30.2. The molecule has 39 heavy (non-hydrogen) atoms. The van der Waals surface area contributed by atoms with Crippen molar-refractivity contribution >= 4 is 34.7 Å². The van der Waals surface area contributed by atoms with E-state index in [4.69, 9.17) is 5.73 Å². The number of hydrogen-bond acceptors (Lipinski definition) is 9. The Labute approximate surface area is 227 Å². The van der Waals surface area contributed by atoms with Gasteiger partial charge in [0.2, 0.25) is 5.91 Å². The molecule has 208 valence electrons. The van der Waals surface area contributed by atoms with Gasteiger partial charge in [-0.3, -0.25) is 28.9 Å². The van der Waals surface area contributed by atoms with Gasteiger partial charge < -0.3 is 20.8 Å². The number of phenols is 1. The Morgan fingerprint density at radius 3 is 2.23 bits per heavy atom. The molecule has 0 spiro atoms. The SMILES string of the molecule is CN(C)c1cc(C#CC(C)(C)C)c(O)c2c1CC1CC3C(N(C)C)C(=O)C(C(N)=O)C(=O)C3(O)C(=O)C1C2=O. The maximum atomic E-state index is 14.0. The summed E-state index contributed by atoms with van der Waals surface area (Å²) in [4.78, 5) is 69.9. The maximum Gasteiger partial charge on any atom is 0.235 e. The first kappa shape index (κ1) is 28.5. The minimum atomic E-state index is -2.75. The van der Waals surface area contributed by atoms with Crippen LogP contribution in [0.15, 0.2) is 6.07 Å². The van der Waals surface area contributed by atoms with Crippen LogP contribution in [-0.4, -0.2) is 84.0 Å². The van der Waals surface area contributed by atoms with Gasteiger partial charge in [-0.15, -0.1) is 0 Å². The Kier molecular flexibility index (Phi) is 6.77. The molecule has 10 nitrogen and oxygen atoms in total. The fraction of sp³-hybridized carbons (Fsp3) is 0.552. The first-order chi connectivity index (χ1) is 17.9. The summed E-state index contributed by atoms with van der Waals surface area (Å²) in [7, 11) is 6.69. The Balaban J connectivity index is 1.91. The van der Waals surface area contributed by atoms with E-state index in [2.05, 4.69) is 11.8 Å². The number of primary amides is 1. The summed E-state index contributed by atoms with van der Waals surface area (Å²) in [5.74, 6) is -4.72. The standard InChI is InChI=1S/C29H35N3O7/c1-28(2,3)9-8-13-12-17(31(4)5)15-10-14-11-16-21(32(6)7)24(35)20(27(30)38)26(37)29(16,39)25(36)18(14)23(34)19(15)22(13)33/h12,14,16,18,20-21,33,39H,10-11H2,1-7H3,(H2,30,38). The van der Waals surface area contributed by atoms with Crippen molar-refractivity contribution in [3.63, 3.8) is 0 Å². The van der Waals surface area contributed by atoms with Crippen LogP contribution in [0.2, 0.25) is 0 Å². The number of hydrogen-bond donors (Lipinski definition) is 3. The molecule has 4 N–H and O–H groups in total. The molecule has 0 heterocycles. The van der Waals surface area contributed by atoms with Gasteiger partial charge in [-0.25, -0.2) is 0 Å². The number of amides is 1. The Morgan fingerprint density at radius 2 is 1.72 bits per heavy atom. The molecule has 2 fully saturated rings. The molecule has 6 atom stereocenters. The molecule has 3 aliphatic rings. The van der Waals surface area contributed by atoms with Crippen molar-refractivity contribution in [3.8, 4) is 17.6 Å². The van der Waals surface area contributed by atoms with Crippen LogP contribution < -0.4 is 10.6 Å². The monoisotopic (exact) mass is 537 g/mol. The molecule has 0 aromatic heterocycles. The lowest BCUT2D eigenvalue weighted by molar-refractivity contribution is -0.181. The molecule has 0 bridgehead atoms. The summed E-state index contributed by atoms with van der Waals surface area (Å²) < 4.78 is 0. The molecule has 1 amide bonds. The average molecular weight is 538 g/mol. The van der Waals surface area contributed by atoms with E-state index in [1.807, 2.05) is 20.8 Å². The zero-order chi connectivity index (χ0) is 29.4. The number of rotatable bonds is 3. The number of aromatic hydroxyl groups is 1. The highest BCUT2D eigenvalue weighted by Gasteiger charge is 2.69. The predicted molar refractivity (Wildman–Crippen MR) is 142 cm³/mol. The number of anilines is 1. The van der Waals surface area contributed by atoms with E-state index in [1.165, 1.54) is 4.90 Å². The van der Waals surface area contributed by atoms with E-state index in [0.29, 0.717) is 11.3 Å². The van der Waals surface area contributed by atoms with E-state index in [-0.39, 0.29) is 35.1 Å². The number of carbonyl (C=O) groups is 5. The Morgan fingerprint density at radius 1 is 1.10 bits per heavy atom. The van der Waals surface area contributed by atoms with Crippen molar-refractivity contribution in [2.75, 3.05) is 33.1 Å². The van der Waals surface area contributed by atoms with Gasteiger partial charge in [0.25, 0.3) is 0 Å². The van der Waals surface area contributed by atoms with Crippen molar-refractivity contribution in [2.24, 2.45) is 34.8 Å². The molecule has 10 heteroatoms. The third kappa shape index (κ3) is 4.24. The average Bonchev–Trinajstić information content (AvgIpc) is 2.79. The van der Waals surface area contributed by atoms with Gasteiger partial charge in [0, 0.05) is 31.1 Å². The third-order valence-corrected chi connectivity index (χ3v) is 8.09. The van der Waals surface area contributed by atoms with Gasteiger partial charge in [-0.2, -0.15) is 0 Å². The van der Waals surface area contributed by atoms with Crippen molar-refractivity contribution < 1.29 is 34.2 Å². The van der Waals surface area contributed by atoms with E-state index in [1.54, 1.807) is 39.2 Å². The van der Waals surface area contributed by atoms with Crippen LogP contribution in [0.5, 0.6) is 5.75 Å². The number of ketones is 4. The molecular formula is C29H35N3O7. The maximum absolute atomic E-state index is 14.0. The Hall–Kier alpha value is -3.55. The molecule has 0 radical (unpaired) electrons. The topological polar surface area (TPSA) is 158 Å². The van der Waals surface area contributed by atoms with E-state index in [0.717, 1.165) is 0 Å². The van der Waals surface area contributed by atoms with Gasteiger partial charge in [-0.05, 0) is 65.3 Å². The zero-order valence-corrected chi connectivity index (χ0v) is 23.3. The molecule has 6 unspecified atom stereocenters. The number of carbonyl (C=O) groups excluding carboxylic acids is 5. The predicted octanol–water partition coefficient (Wildman–Crippen LogP) is 0.331. The highest BCUT2D eigenvalue weighted by Crippen LogP contribution is 2.52. The number of Topliss-reactive ketones (excluding diaryl/α,β-unsaturated/α-hetero) is 4. The smallest absolute Gasteiger partial charge is 0.235 e. The number of phenolic OH excluding ortho intramolecular Hbond substituents is 1. The molecule has 2 saturated carbocycles. The summed E-state index contributed by atoms with van der Waals surface area (Å²) in [5, 5.41) is 22.9. The summed E-state index contributed by atoms with van der Waals surface area (Å²) in [5.41, 5.74) is 3.57. The van der Waals surface area contributed by atoms with E-state index < -0.39 is 64.4 Å². The second kappa shape index (κ2) is 9.28. The van der Waals surface area contributed by atoms with Crippen LogP contribution in [0.1, 0.15) is 48.7 Å².